The van der Waals surface area contributed by atoms with Gasteiger partial charge in [0, 0.05) is 80.2 Å². The van der Waals surface area contributed by atoms with Gasteiger partial charge in [0.2, 0.25) is 0 Å². The van der Waals surface area contributed by atoms with Crippen molar-refractivity contribution in [2.45, 2.75) is 18.3 Å². The van der Waals surface area contributed by atoms with E-state index in [9.17, 15) is 0 Å². The molecule has 0 aliphatic carbocycles. The summed E-state index contributed by atoms with van der Waals surface area (Å²) in [5.74, 6) is 0.342. The van der Waals surface area contributed by atoms with Gasteiger partial charge in [0.05, 0.1) is 0 Å². The van der Waals surface area contributed by atoms with Gasteiger partial charge in [0.15, 0.2) is 0 Å². The van der Waals surface area contributed by atoms with E-state index in [1.54, 1.807) is 0 Å². The van der Waals surface area contributed by atoms with E-state index < -0.39 is 0 Å². The lowest BCUT2D eigenvalue weighted by atomic mass is 9.78. The Kier molecular flexibility index (Phi) is 4.99. The van der Waals surface area contributed by atoms with Crippen LogP contribution in [0.15, 0.2) is 122 Å². The van der Waals surface area contributed by atoms with Crippen molar-refractivity contribution in [1.82, 2.24) is 19.9 Å². The summed E-state index contributed by atoms with van der Waals surface area (Å²) in [4.78, 5) is 14.2. The molecule has 4 aromatic carbocycles. The zero-order chi connectivity index (χ0) is 25.8. The maximum Gasteiger partial charge on any atom is 0.0457 e. The predicted octanol–water partition coefficient (Wildman–Crippen LogP) is 8.97. The van der Waals surface area contributed by atoms with E-state index in [-0.39, 0.29) is 11.8 Å². The summed E-state index contributed by atoms with van der Waals surface area (Å²) >= 11 is 0. The van der Waals surface area contributed by atoms with Crippen LogP contribution in [0.5, 0.6) is 0 Å². The van der Waals surface area contributed by atoms with Gasteiger partial charge >= 0.3 is 0 Å². The van der Waals surface area contributed by atoms with E-state index in [0.29, 0.717) is 0 Å². The van der Waals surface area contributed by atoms with Gasteiger partial charge in [-0.15, -0.1) is 0 Å². The Labute approximate surface area is 225 Å². The van der Waals surface area contributed by atoms with E-state index in [2.05, 4.69) is 142 Å². The zero-order valence-electron chi connectivity index (χ0n) is 21.4. The van der Waals surface area contributed by atoms with E-state index in [0.717, 1.165) is 6.42 Å². The molecule has 0 atom stereocenters. The van der Waals surface area contributed by atoms with Gasteiger partial charge in [-0.3, -0.25) is 0 Å². The maximum absolute atomic E-state index is 3.56. The molecule has 4 heteroatoms. The fourth-order valence-electron chi connectivity index (χ4n) is 6.61. The van der Waals surface area contributed by atoms with Gasteiger partial charge in [0.1, 0.15) is 0 Å². The van der Waals surface area contributed by atoms with Gasteiger partial charge in [-0.25, -0.2) is 0 Å². The molecule has 0 radical (unpaired) electrons. The van der Waals surface area contributed by atoms with E-state index >= 15 is 0 Å². The van der Waals surface area contributed by atoms with Crippen LogP contribution < -0.4 is 0 Å². The summed E-state index contributed by atoms with van der Waals surface area (Å²) in [6.45, 7) is 0. The Bertz CT molecular complexity index is 1780. The van der Waals surface area contributed by atoms with Crippen molar-refractivity contribution in [2.75, 3.05) is 0 Å². The molecule has 0 spiro atoms. The van der Waals surface area contributed by atoms with Crippen LogP contribution in [0.4, 0.5) is 0 Å². The molecule has 0 unspecified atom stereocenters. The lowest BCUT2D eigenvalue weighted by molar-refractivity contribution is 0.655. The average Bonchev–Trinajstić information content (AvgIpc) is 3.79. The monoisotopic (exact) mass is 504 g/mol. The topological polar surface area (TPSA) is 63.2 Å². The van der Waals surface area contributed by atoms with Crippen molar-refractivity contribution in [1.29, 1.82) is 0 Å². The highest BCUT2D eigenvalue weighted by molar-refractivity contribution is 5.90. The third-order valence-electron chi connectivity index (χ3n) is 8.46. The lowest BCUT2D eigenvalue weighted by Gasteiger charge is -2.24. The number of rotatable bonds is 6. The van der Waals surface area contributed by atoms with Crippen LogP contribution in [0, 0.1) is 0 Å². The number of aromatic nitrogens is 4. The highest BCUT2D eigenvalue weighted by atomic mass is 14.7. The molecule has 0 saturated carbocycles. The van der Waals surface area contributed by atoms with Crippen molar-refractivity contribution < 1.29 is 0 Å². The molecule has 0 fully saturated rings. The summed E-state index contributed by atoms with van der Waals surface area (Å²) in [5, 5.41) is 5.13. The summed E-state index contributed by atoms with van der Waals surface area (Å²) in [6, 6.07) is 34.6. The number of hydrogen-bond donors (Lipinski definition) is 4. The maximum atomic E-state index is 3.56. The van der Waals surface area contributed by atoms with E-state index in [1.165, 1.54) is 65.9 Å². The van der Waals surface area contributed by atoms with Gasteiger partial charge in [0.25, 0.3) is 0 Å². The number of aromatic amines is 4. The number of H-pyrrole nitrogens is 4. The molecule has 4 nitrogen and oxygen atoms in total. The molecule has 0 bridgehead atoms. The quantitative estimate of drug-likeness (QED) is 0.175. The van der Waals surface area contributed by atoms with Crippen molar-refractivity contribution >= 4 is 43.6 Å². The minimum absolute atomic E-state index is 0.171. The normalized spacial score (nSPS) is 12.2. The fraction of sp³-hybridized carbons (Fsp3) is 0.0857. The van der Waals surface area contributed by atoms with Crippen LogP contribution in [0.25, 0.3) is 43.6 Å². The second kappa shape index (κ2) is 8.81. The Hall–Kier alpha value is -4.96. The first-order valence-electron chi connectivity index (χ1n) is 13.6. The summed E-state index contributed by atoms with van der Waals surface area (Å²) in [6.07, 6.45) is 9.81. The molecule has 39 heavy (non-hydrogen) atoms. The molecule has 0 amide bonds. The van der Waals surface area contributed by atoms with Crippen molar-refractivity contribution in [2.24, 2.45) is 0 Å². The van der Waals surface area contributed by atoms with Gasteiger partial charge in [-0.2, -0.15) is 0 Å². The molecule has 8 aromatic rings. The number of benzene rings is 4. The van der Waals surface area contributed by atoms with Crippen molar-refractivity contribution in [3.8, 4) is 0 Å². The van der Waals surface area contributed by atoms with E-state index in [4.69, 9.17) is 0 Å². The Morgan fingerprint density at radius 1 is 0.359 bits per heavy atom. The number of fused-ring (bicyclic) bond motifs is 4. The molecule has 188 valence electrons. The number of nitrogens with one attached hydrogen (secondary N) is 4. The first kappa shape index (κ1) is 22.1. The summed E-state index contributed by atoms with van der Waals surface area (Å²) in [5.41, 5.74) is 10.0. The molecule has 4 aromatic heterocycles. The predicted molar refractivity (Wildman–Crippen MR) is 161 cm³/mol. The summed E-state index contributed by atoms with van der Waals surface area (Å²) < 4.78 is 0. The van der Waals surface area contributed by atoms with Gasteiger partial charge < -0.3 is 19.9 Å². The highest BCUT2D eigenvalue weighted by Crippen LogP contribution is 2.45. The largest absolute Gasteiger partial charge is 0.361 e. The molecule has 0 saturated heterocycles. The molecular formula is C35H28N4. The lowest BCUT2D eigenvalue weighted by Crippen LogP contribution is -2.09. The molecule has 0 aliphatic rings. The molecule has 8 rings (SSSR count). The minimum atomic E-state index is 0.171. The van der Waals surface area contributed by atoms with Gasteiger partial charge in [-0.1, -0.05) is 72.8 Å². The second-order valence-electron chi connectivity index (χ2n) is 10.5. The highest BCUT2D eigenvalue weighted by Gasteiger charge is 2.29. The third-order valence-corrected chi connectivity index (χ3v) is 8.46. The van der Waals surface area contributed by atoms with Crippen LogP contribution in [0.2, 0.25) is 0 Å². The first-order chi connectivity index (χ1) is 19.3. The van der Waals surface area contributed by atoms with Crippen LogP contribution in [0.3, 0.4) is 0 Å². The third kappa shape index (κ3) is 3.52. The Morgan fingerprint density at radius 2 is 0.615 bits per heavy atom. The standard InChI is InChI=1S/C35H28N4/c1-5-13-32-22(9-1)28(18-36-32)26(29-19-37-33-14-6-2-10-23(29)33)17-27(30-20-38-34-15-7-3-11-24(30)34)31-21-39-35-16-8-4-12-25(31)35/h1-16,18-21,26-27,36-39H,17H2. The van der Waals surface area contributed by atoms with Crippen LogP contribution in [-0.2, 0) is 0 Å². The average molecular weight is 505 g/mol. The Balaban J connectivity index is 1.37. The van der Waals surface area contributed by atoms with E-state index in [1.807, 2.05) is 0 Å². The van der Waals surface area contributed by atoms with Crippen LogP contribution in [0.1, 0.15) is 40.5 Å². The zero-order valence-corrected chi connectivity index (χ0v) is 21.4. The Morgan fingerprint density at radius 3 is 0.897 bits per heavy atom. The molecule has 4 heterocycles. The molecule has 4 N–H and O–H groups in total. The number of para-hydroxylation sites is 4. The summed E-state index contributed by atoms with van der Waals surface area (Å²) in [7, 11) is 0. The first-order valence-corrected chi connectivity index (χ1v) is 13.6. The molecular weight excluding hydrogens is 476 g/mol. The number of hydrogen-bond acceptors (Lipinski definition) is 0. The fourth-order valence-corrected chi connectivity index (χ4v) is 6.61. The SMILES string of the molecule is c1ccc2c(C(CC(c3c[nH]c4ccccc34)c3c[nH]c4ccccc34)c3c[nH]c4ccccc34)c[nH]c2c1. The van der Waals surface area contributed by atoms with Crippen LogP contribution in [-0.4, -0.2) is 19.9 Å². The smallest absolute Gasteiger partial charge is 0.0457 e. The molecule has 0 aliphatic heterocycles. The van der Waals surface area contributed by atoms with Crippen molar-refractivity contribution in [3.05, 3.63) is 144 Å². The second-order valence-corrected chi connectivity index (χ2v) is 10.5. The minimum Gasteiger partial charge on any atom is -0.361 e. The van der Waals surface area contributed by atoms with Crippen LogP contribution >= 0.6 is 0 Å². The van der Waals surface area contributed by atoms with Gasteiger partial charge in [-0.05, 0) is 52.9 Å². The van der Waals surface area contributed by atoms with Crippen molar-refractivity contribution in [3.63, 3.8) is 0 Å².